The fourth-order valence-corrected chi connectivity index (χ4v) is 2.19. The number of furan rings is 1. The zero-order chi connectivity index (χ0) is 9.38. The molecule has 1 aliphatic carbocycles. The maximum Gasteiger partial charge on any atom is 0.137 e. The number of benzene rings is 1. The van der Waals surface area contributed by atoms with Crippen LogP contribution in [0.4, 0.5) is 0 Å². The zero-order valence-electron chi connectivity index (χ0n) is 7.99. The van der Waals surface area contributed by atoms with Gasteiger partial charge in [0.15, 0.2) is 0 Å². The van der Waals surface area contributed by atoms with Gasteiger partial charge in [0.05, 0.1) is 6.26 Å². The monoisotopic (exact) mass is 184 g/mol. The van der Waals surface area contributed by atoms with Gasteiger partial charge in [-0.25, -0.2) is 0 Å². The standard InChI is InChI=1S/C13H12O/c1-2-5-10(6-3-1)13-12-8-4-7-11(12)9-14-13/h1-3,5-6,9H,4,7-8H2. The minimum absolute atomic E-state index is 1.08. The molecule has 0 atom stereocenters. The molecule has 3 rings (SSSR count). The first kappa shape index (κ1) is 7.86. The van der Waals surface area contributed by atoms with Gasteiger partial charge in [0.2, 0.25) is 0 Å². The van der Waals surface area contributed by atoms with Gasteiger partial charge in [0.25, 0.3) is 0 Å². The molecule has 1 heteroatoms. The van der Waals surface area contributed by atoms with Crippen molar-refractivity contribution in [1.29, 1.82) is 0 Å². The molecule has 0 N–H and O–H groups in total. The summed E-state index contributed by atoms with van der Waals surface area (Å²) in [7, 11) is 0. The van der Waals surface area contributed by atoms with Crippen LogP contribution in [0.3, 0.4) is 0 Å². The number of fused-ring (bicyclic) bond motifs is 1. The molecule has 0 fully saturated rings. The van der Waals surface area contributed by atoms with E-state index in [2.05, 4.69) is 24.3 Å². The molecule has 1 nitrogen and oxygen atoms in total. The average molecular weight is 184 g/mol. The van der Waals surface area contributed by atoms with Crippen LogP contribution in [-0.4, -0.2) is 0 Å². The fourth-order valence-electron chi connectivity index (χ4n) is 2.19. The lowest BCUT2D eigenvalue weighted by atomic mass is 10.1. The summed E-state index contributed by atoms with van der Waals surface area (Å²) in [5, 5.41) is 0. The SMILES string of the molecule is c1ccc(-c2occ3c2CCC3)cc1. The molecule has 2 aromatic rings. The second-order valence-corrected chi connectivity index (χ2v) is 3.79. The second-order valence-electron chi connectivity index (χ2n) is 3.79. The van der Waals surface area contributed by atoms with E-state index >= 15 is 0 Å². The van der Waals surface area contributed by atoms with Crippen molar-refractivity contribution in [2.24, 2.45) is 0 Å². The molecule has 1 aliphatic rings. The van der Waals surface area contributed by atoms with E-state index in [1.165, 1.54) is 36.0 Å². The third-order valence-corrected chi connectivity index (χ3v) is 2.89. The van der Waals surface area contributed by atoms with Gasteiger partial charge >= 0.3 is 0 Å². The third kappa shape index (κ3) is 1.09. The molecule has 0 amide bonds. The summed E-state index contributed by atoms with van der Waals surface area (Å²) in [4.78, 5) is 0. The Labute approximate surface area is 83.4 Å². The van der Waals surface area contributed by atoms with Gasteiger partial charge in [-0.2, -0.15) is 0 Å². The average Bonchev–Trinajstić information content (AvgIpc) is 2.79. The highest BCUT2D eigenvalue weighted by Crippen LogP contribution is 2.33. The zero-order valence-corrected chi connectivity index (χ0v) is 7.99. The Morgan fingerprint density at radius 3 is 2.71 bits per heavy atom. The highest BCUT2D eigenvalue weighted by atomic mass is 16.3. The second kappa shape index (κ2) is 3.02. The molecule has 0 spiro atoms. The lowest BCUT2D eigenvalue weighted by molar-refractivity contribution is 0.571. The lowest BCUT2D eigenvalue weighted by Gasteiger charge is -1.98. The fraction of sp³-hybridized carbons (Fsp3) is 0.231. The van der Waals surface area contributed by atoms with Crippen molar-refractivity contribution in [3.8, 4) is 11.3 Å². The summed E-state index contributed by atoms with van der Waals surface area (Å²) in [6, 6.07) is 10.4. The first-order valence-electron chi connectivity index (χ1n) is 5.10. The van der Waals surface area contributed by atoms with Crippen molar-refractivity contribution >= 4 is 0 Å². The minimum Gasteiger partial charge on any atom is -0.464 e. The molecule has 0 bridgehead atoms. The summed E-state index contributed by atoms with van der Waals surface area (Å²) >= 11 is 0. The number of hydrogen-bond donors (Lipinski definition) is 0. The summed E-state index contributed by atoms with van der Waals surface area (Å²) in [5.41, 5.74) is 4.04. The van der Waals surface area contributed by atoms with E-state index in [1.807, 2.05) is 12.3 Å². The molecular formula is C13H12O. The van der Waals surface area contributed by atoms with E-state index in [-0.39, 0.29) is 0 Å². The molecule has 1 heterocycles. The van der Waals surface area contributed by atoms with Crippen LogP contribution in [0, 0.1) is 0 Å². The molecule has 0 aliphatic heterocycles. The largest absolute Gasteiger partial charge is 0.464 e. The van der Waals surface area contributed by atoms with Crippen LogP contribution in [0.1, 0.15) is 17.5 Å². The Morgan fingerprint density at radius 2 is 1.86 bits per heavy atom. The van der Waals surface area contributed by atoms with Crippen molar-refractivity contribution in [1.82, 2.24) is 0 Å². The highest BCUT2D eigenvalue weighted by Gasteiger charge is 2.19. The van der Waals surface area contributed by atoms with Gasteiger partial charge in [-0.1, -0.05) is 30.3 Å². The summed E-state index contributed by atoms with van der Waals surface area (Å²) in [6.07, 6.45) is 5.56. The van der Waals surface area contributed by atoms with Crippen LogP contribution >= 0.6 is 0 Å². The molecule has 0 radical (unpaired) electrons. The summed E-state index contributed by atoms with van der Waals surface area (Å²) < 4.78 is 5.62. The van der Waals surface area contributed by atoms with Crippen LogP contribution < -0.4 is 0 Å². The van der Waals surface area contributed by atoms with Crippen molar-refractivity contribution in [2.45, 2.75) is 19.3 Å². The normalized spacial score (nSPS) is 14.3. The molecule has 0 saturated heterocycles. The Balaban J connectivity index is 2.13. The van der Waals surface area contributed by atoms with Gasteiger partial charge < -0.3 is 4.42 Å². The molecule has 70 valence electrons. The van der Waals surface area contributed by atoms with E-state index in [1.54, 1.807) is 0 Å². The topological polar surface area (TPSA) is 13.1 Å². The smallest absolute Gasteiger partial charge is 0.137 e. The third-order valence-electron chi connectivity index (χ3n) is 2.89. The van der Waals surface area contributed by atoms with Crippen molar-refractivity contribution in [2.75, 3.05) is 0 Å². The maximum atomic E-state index is 5.62. The Morgan fingerprint density at radius 1 is 1.00 bits per heavy atom. The molecule has 0 saturated carbocycles. The quantitative estimate of drug-likeness (QED) is 0.661. The Hall–Kier alpha value is -1.50. The van der Waals surface area contributed by atoms with Crippen molar-refractivity contribution < 1.29 is 4.42 Å². The van der Waals surface area contributed by atoms with Crippen molar-refractivity contribution in [3.05, 3.63) is 47.7 Å². The Kier molecular flexibility index (Phi) is 1.69. The van der Waals surface area contributed by atoms with Gasteiger partial charge in [0, 0.05) is 11.1 Å². The lowest BCUT2D eigenvalue weighted by Crippen LogP contribution is -1.80. The molecule has 0 unspecified atom stereocenters. The van der Waals surface area contributed by atoms with E-state index in [4.69, 9.17) is 4.42 Å². The minimum atomic E-state index is 1.08. The van der Waals surface area contributed by atoms with Gasteiger partial charge in [-0.15, -0.1) is 0 Å². The predicted octanol–water partition coefficient (Wildman–Crippen LogP) is 3.44. The van der Waals surface area contributed by atoms with Crippen LogP contribution in [-0.2, 0) is 12.8 Å². The summed E-state index contributed by atoms with van der Waals surface area (Å²) in [6.45, 7) is 0. The van der Waals surface area contributed by atoms with Crippen LogP contribution in [0.2, 0.25) is 0 Å². The maximum absolute atomic E-state index is 5.62. The molecule has 1 aromatic carbocycles. The first-order chi connectivity index (χ1) is 6.95. The Bertz CT molecular complexity index is 440. The molecule has 1 aromatic heterocycles. The predicted molar refractivity (Wildman–Crippen MR) is 56.2 cm³/mol. The van der Waals surface area contributed by atoms with Gasteiger partial charge in [-0.05, 0) is 24.8 Å². The van der Waals surface area contributed by atoms with E-state index in [0.717, 1.165) is 5.76 Å². The van der Waals surface area contributed by atoms with Crippen LogP contribution in [0.25, 0.3) is 11.3 Å². The molecule has 14 heavy (non-hydrogen) atoms. The van der Waals surface area contributed by atoms with E-state index in [9.17, 15) is 0 Å². The van der Waals surface area contributed by atoms with E-state index < -0.39 is 0 Å². The number of hydrogen-bond acceptors (Lipinski definition) is 1. The van der Waals surface area contributed by atoms with Gasteiger partial charge in [0.1, 0.15) is 5.76 Å². The van der Waals surface area contributed by atoms with E-state index in [0.29, 0.717) is 0 Å². The van der Waals surface area contributed by atoms with Crippen LogP contribution in [0.15, 0.2) is 41.0 Å². The molecular weight excluding hydrogens is 172 g/mol. The van der Waals surface area contributed by atoms with Crippen LogP contribution in [0.5, 0.6) is 0 Å². The van der Waals surface area contributed by atoms with Gasteiger partial charge in [-0.3, -0.25) is 0 Å². The summed E-state index contributed by atoms with van der Waals surface area (Å²) in [5.74, 6) is 1.08. The van der Waals surface area contributed by atoms with Crippen molar-refractivity contribution in [3.63, 3.8) is 0 Å². The highest BCUT2D eigenvalue weighted by molar-refractivity contribution is 5.63. The first-order valence-corrected chi connectivity index (χ1v) is 5.10. The number of aryl methyl sites for hydroxylation is 1. The number of rotatable bonds is 1.